The summed E-state index contributed by atoms with van der Waals surface area (Å²) in [4.78, 5) is 26.6. The molecule has 0 bridgehead atoms. The highest BCUT2D eigenvalue weighted by atomic mass is 32.2. The smallest absolute Gasteiger partial charge is 0.237 e. The summed E-state index contributed by atoms with van der Waals surface area (Å²) in [5.41, 5.74) is 5.34. The van der Waals surface area contributed by atoms with E-state index in [-0.39, 0.29) is 17.6 Å². The standard InChI is InChI=1S/C21H24N2O2S/c1-15-6-3-10-18(12-15)22-19(24)13-26-14-20(25)23-11-5-9-17-8-4-7-16(2)21(17)23/h3-4,6-8,10,12H,5,9,11,13-14H2,1-2H3,(H,22,24). The Labute approximate surface area is 159 Å². The molecule has 0 fully saturated rings. The molecule has 2 aromatic rings. The molecule has 136 valence electrons. The number of aryl methyl sites for hydroxylation is 3. The summed E-state index contributed by atoms with van der Waals surface area (Å²) in [6.07, 6.45) is 2.01. The van der Waals surface area contributed by atoms with Crippen molar-refractivity contribution in [1.29, 1.82) is 0 Å². The van der Waals surface area contributed by atoms with Gasteiger partial charge >= 0.3 is 0 Å². The van der Waals surface area contributed by atoms with Gasteiger partial charge in [-0.1, -0.05) is 30.3 Å². The predicted octanol–water partition coefficient (Wildman–Crippen LogP) is 3.95. The number of fused-ring (bicyclic) bond motifs is 1. The van der Waals surface area contributed by atoms with Gasteiger partial charge in [-0.05, 0) is 55.5 Å². The number of carbonyl (C=O) groups is 2. The molecule has 26 heavy (non-hydrogen) atoms. The molecule has 0 radical (unpaired) electrons. The fourth-order valence-corrected chi connectivity index (χ4v) is 4.02. The number of amides is 2. The highest BCUT2D eigenvalue weighted by molar-refractivity contribution is 8.00. The lowest BCUT2D eigenvalue weighted by Gasteiger charge is -2.31. The van der Waals surface area contributed by atoms with Crippen LogP contribution in [-0.2, 0) is 16.0 Å². The van der Waals surface area contributed by atoms with Crippen LogP contribution in [0.1, 0.15) is 23.1 Å². The number of benzene rings is 2. The van der Waals surface area contributed by atoms with Gasteiger partial charge in [-0.25, -0.2) is 0 Å². The maximum Gasteiger partial charge on any atom is 0.237 e. The predicted molar refractivity (Wildman–Crippen MR) is 109 cm³/mol. The van der Waals surface area contributed by atoms with Crippen molar-refractivity contribution in [3.63, 3.8) is 0 Å². The average molecular weight is 369 g/mol. The molecule has 0 saturated heterocycles. The largest absolute Gasteiger partial charge is 0.325 e. The summed E-state index contributed by atoms with van der Waals surface area (Å²) in [5.74, 6) is 0.584. The van der Waals surface area contributed by atoms with Crippen molar-refractivity contribution < 1.29 is 9.59 Å². The number of hydrogen-bond donors (Lipinski definition) is 1. The minimum absolute atomic E-state index is 0.0774. The van der Waals surface area contributed by atoms with Crippen LogP contribution in [0.4, 0.5) is 11.4 Å². The zero-order chi connectivity index (χ0) is 18.5. The Hall–Kier alpha value is -2.27. The number of para-hydroxylation sites is 1. The third kappa shape index (κ3) is 4.47. The quantitative estimate of drug-likeness (QED) is 0.869. The van der Waals surface area contributed by atoms with Crippen LogP contribution in [0.25, 0.3) is 0 Å². The van der Waals surface area contributed by atoms with Crippen LogP contribution in [0, 0.1) is 13.8 Å². The number of anilines is 2. The van der Waals surface area contributed by atoms with Crippen LogP contribution in [-0.4, -0.2) is 29.9 Å². The van der Waals surface area contributed by atoms with E-state index in [9.17, 15) is 9.59 Å². The second-order valence-electron chi connectivity index (χ2n) is 6.64. The van der Waals surface area contributed by atoms with Gasteiger partial charge in [0.25, 0.3) is 0 Å². The van der Waals surface area contributed by atoms with Crippen molar-refractivity contribution in [1.82, 2.24) is 0 Å². The molecular weight excluding hydrogens is 344 g/mol. The summed E-state index contributed by atoms with van der Waals surface area (Å²) >= 11 is 1.36. The topological polar surface area (TPSA) is 49.4 Å². The van der Waals surface area contributed by atoms with Crippen LogP contribution in [0.2, 0.25) is 0 Å². The minimum atomic E-state index is -0.0800. The van der Waals surface area contributed by atoms with Gasteiger partial charge in [0.1, 0.15) is 0 Å². The molecule has 4 nitrogen and oxygen atoms in total. The van der Waals surface area contributed by atoms with E-state index in [2.05, 4.69) is 11.4 Å². The van der Waals surface area contributed by atoms with Crippen LogP contribution in [0.5, 0.6) is 0 Å². The number of thioether (sulfide) groups is 1. The van der Waals surface area contributed by atoms with E-state index < -0.39 is 0 Å². The molecule has 2 aromatic carbocycles. The highest BCUT2D eigenvalue weighted by Gasteiger charge is 2.23. The molecule has 5 heteroatoms. The van der Waals surface area contributed by atoms with E-state index in [0.717, 1.165) is 41.9 Å². The summed E-state index contributed by atoms with van der Waals surface area (Å²) in [6, 6.07) is 13.9. The van der Waals surface area contributed by atoms with Gasteiger partial charge in [-0.3, -0.25) is 9.59 Å². The summed E-state index contributed by atoms with van der Waals surface area (Å²) < 4.78 is 0. The number of nitrogens with zero attached hydrogens (tertiary/aromatic N) is 1. The zero-order valence-corrected chi connectivity index (χ0v) is 16.1. The van der Waals surface area contributed by atoms with Crippen LogP contribution >= 0.6 is 11.8 Å². The Balaban J connectivity index is 1.53. The Morgan fingerprint density at radius 2 is 1.92 bits per heavy atom. The Kier molecular flexibility index (Phi) is 5.99. The third-order valence-corrected chi connectivity index (χ3v) is 5.40. The molecule has 1 N–H and O–H groups in total. The van der Waals surface area contributed by atoms with Gasteiger partial charge in [0.05, 0.1) is 11.5 Å². The fourth-order valence-electron chi connectivity index (χ4n) is 3.33. The molecule has 1 heterocycles. The average Bonchev–Trinajstić information content (AvgIpc) is 2.61. The minimum Gasteiger partial charge on any atom is -0.325 e. The van der Waals surface area contributed by atoms with Gasteiger partial charge in [0.2, 0.25) is 11.8 Å². The van der Waals surface area contributed by atoms with E-state index in [1.807, 2.05) is 55.1 Å². The molecule has 3 rings (SSSR count). The molecule has 0 spiro atoms. The lowest BCUT2D eigenvalue weighted by Crippen LogP contribution is -2.37. The lowest BCUT2D eigenvalue weighted by molar-refractivity contribution is -0.116. The SMILES string of the molecule is Cc1cccc(NC(=O)CSCC(=O)N2CCCc3cccc(C)c32)c1. The molecule has 0 aromatic heterocycles. The molecule has 0 unspecified atom stereocenters. The van der Waals surface area contributed by atoms with E-state index in [0.29, 0.717) is 5.75 Å². The Morgan fingerprint density at radius 1 is 1.12 bits per heavy atom. The molecule has 2 amide bonds. The molecule has 1 aliphatic rings. The molecule has 0 aliphatic carbocycles. The molecule has 1 aliphatic heterocycles. The van der Waals surface area contributed by atoms with Crippen molar-refractivity contribution in [2.75, 3.05) is 28.3 Å². The first-order valence-electron chi connectivity index (χ1n) is 8.88. The van der Waals surface area contributed by atoms with E-state index in [1.165, 1.54) is 17.3 Å². The molecular formula is C21H24N2O2S. The summed E-state index contributed by atoms with van der Waals surface area (Å²) in [7, 11) is 0. The summed E-state index contributed by atoms with van der Waals surface area (Å²) in [6.45, 7) is 4.79. The van der Waals surface area contributed by atoms with Gasteiger partial charge in [-0.15, -0.1) is 11.8 Å². The zero-order valence-electron chi connectivity index (χ0n) is 15.2. The van der Waals surface area contributed by atoms with Crippen molar-refractivity contribution in [2.45, 2.75) is 26.7 Å². The van der Waals surface area contributed by atoms with E-state index in [4.69, 9.17) is 0 Å². The first kappa shape index (κ1) is 18.5. The summed E-state index contributed by atoms with van der Waals surface area (Å²) in [5, 5.41) is 2.88. The number of carbonyl (C=O) groups excluding carboxylic acids is 2. The monoisotopic (exact) mass is 368 g/mol. The molecule has 0 atom stereocenters. The number of rotatable bonds is 5. The Bertz CT molecular complexity index is 819. The normalized spacial score (nSPS) is 13.2. The number of nitrogens with one attached hydrogen (secondary N) is 1. The maximum atomic E-state index is 12.7. The van der Waals surface area contributed by atoms with E-state index >= 15 is 0 Å². The van der Waals surface area contributed by atoms with Crippen LogP contribution in [0.15, 0.2) is 42.5 Å². The second-order valence-corrected chi connectivity index (χ2v) is 7.63. The third-order valence-electron chi connectivity index (χ3n) is 4.48. The van der Waals surface area contributed by atoms with Gasteiger partial charge < -0.3 is 10.2 Å². The van der Waals surface area contributed by atoms with Gasteiger partial charge in [0, 0.05) is 17.9 Å². The van der Waals surface area contributed by atoms with Crippen molar-refractivity contribution in [2.24, 2.45) is 0 Å². The Morgan fingerprint density at radius 3 is 2.73 bits per heavy atom. The van der Waals surface area contributed by atoms with Crippen molar-refractivity contribution in [3.8, 4) is 0 Å². The van der Waals surface area contributed by atoms with Gasteiger partial charge in [0.15, 0.2) is 0 Å². The molecule has 0 saturated carbocycles. The fraction of sp³-hybridized carbons (Fsp3) is 0.333. The number of hydrogen-bond acceptors (Lipinski definition) is 3. The first-order valence-corrected chi connectivity index (χ1v) is 10.0. The van der Waals surface area contributed by atoms with Crippen LogP contribution < -0.4 is 10.2 Å². The van der Waals surface area contributed by atoms with Crippen LogP contribution in [0.3, 0.4) is 0 Å². The lowest BCUT2D eigenvalue weighted by atomic mass is 9.98. The van der Waals surface area contributed by atoms with Crippen molar-refractivity contribution in [3.05, 3.63) is 59.2 Å². The van der Waals surface area contributed by atoms with Gasteiger partial charge in [-0.2, -0.15) is 0 Å². The van der Waals surface area contributed by atoms with Crippen molar-refractivity contribution >= 4 is 35.0 Å². The highest BCUT2D eigenvalue weighted by Crippen LogP contribution is 2.30. The second kappa shape index (κ2) is 8.41. The van der Waals surface area contributed by atoms with E-state index in [1.54, 1.807) is 0 Å². The first-order chi connectivity index (χ1) is 12.5. The maximum absolute atomic E-state index is 12.7.